The van der Waals surface area contributed by atoms with Crippen LogP contribution in [0.2, 0.25) is 10.0 Å². The Balaban J connectivity index is 1.70. The number of fused-ring (bicyclic) bond motifs is 1. The summed E-state index contributed by atoms with van der Waals surface area (Å²) in [5, 5.41) is 10.7. The van der Waals surface area contributed by atoms with Crippen LogP contribution in [0.1, 0.15) is 73.1 Å². The molecule has 3 aromatic rings. The molecule has 0 aliphatic carbocycles. The van der Waals surface area contributed by atoms with Crippen molar-refractivity contribution in [3.63, 3.8) is 0 Å². The van der Waals surface area contributed by atoms with E-state index in [0.717, 1.165) is 11.1 Å². The Kier molecular flexibility index (Phi) is 10.9. The number of unbranched alkanes of at least 4 members (excludes halogenated alkanes) is 1. The van der Waals surface area contributed by atoms with Gasteiger partial charge in [0, 0.05) is 36.2 Å². The van der Waals surface area contributed by atoms with Gasteiger partial charge in [0.1, 0.15) is 11.6 Å². The van der Waals surface area contributed by atoms with Crippen molar-refractivity contribution in [2.24, 2.45) is 0 Å². The van der Waals surface area contributed by atoms with E-state index < -0.39 is 11.6 Å². The van der Waals surface area contributed by atoms with Gasteiger partial charge in [0.2, 0.25) is 0 Å². The summed E-state index contributed by atoms with van der Waals surface area (Å²) < 4.78 is 5.44. The lowest BCUT2D eigenvalue weighted by Gasteiger charge is -2.31. The first-order valence-electron chi connectivity index (χ1n) is 14.5. The number of ether oxygens (including phenoxy) is 1. The number of benzene rings is 3. The van der Waals surface area contributed by atoms with E-state index in [1.54, 1.807) is 58.3 Å². The second kappa shape index (κ2) is 14.4. The van der Waals surface area contributed by atoms with E-state index in [0.29, 0.717) is 59.1 Å². The zero-order chi connectivity index (χ0) is 31.1. The van der Waals surface area contributed by atoms with Crippen molar-refractivity contribution in [3.8, 4) is 0 Å². The first-order valence-corrected chi connectivity index (χ1v) is 15.3. The van der Waals surface area contributed by atoms with Gasteiger partial charge in [0.15, 0.2) is 0 Å². The molecule has 0 saturated carbocycles. The molecule has 0 fully saturated rings. The molecule has 3 aromatic carbocycles. The lowest BCUT2D eigenvalue weighted by molar-refractivity contribution is -0.154. The molecule has 1 aliphatic rings. The molecule has 0 saturated heterocycles. The van der Waals surface area contributed by atoms with Crippen molar-refractivity contribution < 1.29 is 24.2 Å². The van der Waals surface area contributed by atoms with Gasteiger partial charge in [-0.2, -0.15) is 0 Å². The summed E-state index contributed by atoms with van der Waals surface area (Å²) >= 11 is 12.3. The number of aliphatic hydroxyl groups is 1. The number of nitrogens with zero attached hydrogens (tertiary/aromatic N) is 2. The minimum Gasteiger partial charge on any atom is -0.460 e. The van der Waals surface area contributed by atoms with Crippen molar-refractivity contribution in [2.45, 2.75) is 64.5 Å². The van der Waals surface area contributed by atoms with Gasteiger partial charge in [-0.3, -0.25) is 14.4 Å². The molecule has 9 heteroatoms. The summed E-state index contributed by atoms with van der Waals surface area (Å²) in [6.07, 6.45) is 2.19. The Morgan fingerprint density at radius 3 is 2.12 bits per heavy atom. The Bertz CT molecular complexity index is 1430. The highest BCUT2D eigenvalue weighted by molar-refractivity contribution is 6.30. The predicted octanol–water partition coefficient (Wildman–Crippen LogP) is 6.81. The molecule has 0 bridgehead atoms. The molecule has 1 aliphatic heterocycles. The van der Waals surface area contributed by atoms with Crippen LogP contribution >= 0.6 is 23.2 Å². The smallest absolute Gasteiger partial charge is 0.306 e. The minimum absolute atomic E-state index is 0.0615. The summed E-state index contributed by atoms with van der Waals surface area (Å²) in [5.74, 6) is -0.794. The zero-order valence-corrected chi connectivity index (χ0v) is 26.3. The molecule has 1 N–H and O–H groups in total. The Labute approximate surface area is 263 Å². The summed E-state index contributed by atoms with van der Waals surface area (Å²) in [4.78, 5) is 44.4. The standard InChI is InChI=1S/C34H38Cl2N2O5/c1-34(2,3)43-30(40)6-4-5-19-37-29-16-9-24(18-21-39)22-28(29)32(41)38(20-17-23-7-12-26(35)13-8-23)31(33(37)42)25-10-14-27(36)15-11-25/h7-16,22,31,39H,4-6,17-21H2,1-3H3/t31-/m1/s1. The number of carbonyl (C=O) groups excluding carboxylic acids is 3. The third-order valence-corrected chi connectivity index (χ3v) is 7.73. The van der Waals surface area contributed by atoms with E-state index in [4.69, 9.17) is 27.9 Å². The number of aliphatic hydroxyl groups excluding tert-OH is 1. The van der Waals surface area contributed by atoms with E-state index in [1.807, 2.05) is 39.0 Å². The average molecular weight is 626 g/mol. The van der Waals surface area contributed by atoms with Crippen molar-refractivity contribution in [1.82, 2.24) is 4.90 Å². The Hall–Kier alpha value is -3.39. The van der Waals surface area contributed by atoms with Crippen LogP contribution in [0.5, 0.6) is 0 Å². The number of rotatable bonds is 11. The van der Waals surface area contributed by atoms with Crippen LogP contribution in [0.15, 0.2) is 66.7 Å². The average Bonchev–Trinajstić information content (AvgIpc) is 3.03. The fourth-order valence-corrected chi connectivity index (χ4v) is 5.46. The highest BCUT2D eigenvalue weighted by atomic mass is 35.5. The number of esters is 1. The number of amides is 2. The third-order valence-electron chi connectivity index (χ3n) is 7.23. The highest BCUT2D eigenvalue weighted by Gasteiger charge is 2.40. The van der Waals surface area contributed by atoms with Gasteiger partial charge < -0.3 is 19.6 Å². The van der Waals surface area contributed by atoms with Crippen LogP contribution in [0, 0.1) is 0 Å². The first-order chi connectivity index (χ1) is 20.5. The number of hydrogen-bond acceptors (Lipinski definition) is 5. The monoisotopic (exact) mass is 624 g/mol. The van der Waals surface area contributed by atoms with Gasteiger partial charge in [0.05, 0.1) is 11.3 Å². The van der Waals surface area contributed by atoms with Crippen molar-refractivity contribution in [2.75, 3.05) is 24.6 Å². The third kappa shape index (κ3) is 8.59. The predicted molar refractivity (Wildman–Crippen MR) is 170 cm³/mol. The topological polar surface area (TPSA) is 87.2 Å². The maximum Gasteiger partial charge on any atom is 0.306 e. The molecule has 1 atom stereocenters. The molecule has 2 amide bonds. The van der Waals surface area contributed by atoms with Crippen LogP contribution in [-0.2, 0) is 27.2 Å². The minimum atomic E-state index is -0.892. The SMILES string of the molecule is CC(C)(C)OC(=O)CCCCN1C(=O)[C@@H](c2ccc(Cl)cc2)N(CCc2ccc(Cl)cc2)C(=O)c2cc(CCO)ccc21. The molecule has 1 heterocycles. The highest BCUT2D eigenvalue weighted by Crippen LogP contribution is 2.36. The van der Waals surface area contributed by atoms with Gasteiger partial charge >= 0.3 is 5.97 Å². The Morgan fingerprint density at radius 1 is 0.860 bits per heavy atom. The molecule has 4 rings (SSSR count). The van der Waals surface area contributed by atoms with Crippen molar-refractivity contribution >= 4 is 46.7 Å². The molecule has 228 valence electrons. The van der Waals surface area contributed by atoms with Crippen LogP contribution in [0.25, 0.3) is 0 Å². The van der Waals surface area contributed by atoms with Crippen molar-refractivity contribution in [3.05, 3.63) is 99.0 Å². The van der Waals surface area contributed by atoms with Crippen LogP contribution in [0.4, 0.5) is 5.69 Å². The molecule has 0 spiro atoms. The molecule has 0 unspecified atom stereocenters. The van der Waals surface area contributed by atoms with Gasteiger partial charge in [-0.1, -0.05) is 53.5 Å². The summed E-state index contributed by atoms with van der Waals surface area (Å²) in [7, 11) is 0. The molecule has 7 nitrogen and oxygen atoms in total. The van der Waals surface area contributed by atoms with Crippen LogP contribution < -0.4 is 4.90 Å². The molecule has 0 radical (unpaired) electrons. The fraction of sp³-hybridized carbons (Fsp3) is 0.382. The Morgan fingerprint density at radius 2 is 1.49 bits per heavy atom. The van der Waals surface area contributed by atoms with Gasteiger partial charge in [-0.15, -0.1) is 0 Å². The van der Waals surface area contributed by atoms with Gasteiger partial charge in [-0.05, 0) is 99.5 Å². The number of hydrogen-bond donors (Lipinski definition) is 1. The van der Waals surface area contributed by atoms with Gasteiger partial charge in [0.25, 0.3) is 11.8 Å². The second-order valence-electron chi connectivity index (χ2n) is 11.7. The number of anilines is 1. The van der Waals surface area contributed by atoms with E-state index in [2.05, 4.69) is 0 Å². The molecule has 43 heavy (non-hydrogen) atoms. The normalized spacial score (nSPS) is 15.3. The first kappa shape index (κ1) is 32.5. The van der Waals surface area contributed by atoms with E-state index >= 15 is 0 Å². The maximum absolute atomic E-state index is 14.5. The molecule has 0 aromatic heterocycles. The fourth-order valence-electron chi connectivity index (χ4n) is 5.21. The second-order valence-corrected chi connectivity index (χ2v) is 12.6. The summed E-state index contributed by atoms with van der Waals surface area (Å²) in [6.45, 7) is 6.03. The van der Waals surface area contributed by atoms with E-state index in [1.165, 1.54) is 0 Å². The van der Waals surface area contributed by atoms with Crippen LogP contribution in [0.3, 0.4) is 0 Å². The van der Waals surface area contributed by atoms with Gasteiger partial charge in [-0.25, -0.2) is 0 Å². The number of halogens is 2. The zero-order valence-electron chi connectivity index (χ0n) is 24.8. The molecular weight excluding hydrogens is 587 g/mol. The summed E-state index contributed by atoms with van der Waals surface area (Å²) in [6, 6.07) is 18.9. The number of carbonyl (C=O) groups is 3. The lowest BCUT2D eigenvalue weighted by Crippen LogP contribution is -2.43. The largest absolute Gasteiger partial charge is 0.460 e. The van der Waals surface area contributed by atoms with E-state index in [-0.39, 0.29) is 37.4 Å². The van der Waals surface area contributed by atoms with Crippen LogP contribution in [-0.4, -0.2) is 53.1 Å². The quantitative estimate of drug-likeness (QED) is 0.187. The van der Waals surface area contributed by atoms with Crippen molar-refractivity contribution in [1.29, 1.82) is 0 Å². The van der Waals surface area contributed by atoms with E-state index in [9.17, 15) is 19.5 Å². The lowest BCUT2D eigenvalue weighted by atomic mass is 10.0. The molecular formula is C34H38Cl2N2O5. The summed E-state index contributed by atoms with van der Waals surface area (Å²) in [5.41, 5.74) is 2.79. The maximum atomic E-state index is 14.5.